The molecule has 0 unspecified atom stereocenters. The first kappa shape index (κ1) is 22.9. The Morgan fingerprint density at radius 2 is 1.84 bits per heavy atom. The summed E-state index contributed by atoms with van der Waals surface area (Å²) in [6.45, 7) is 3.91. The number of thioether (sulfide) groups is 1. The van der Waals surface area contributed by atoms with Crippen molar-refractivity contribution in [3.05, 3.63) is 57.4 Å². The molecule has 1 heterocycles. The summed E-state index contributed by atoms with van der Waals surface area (Å²) in [5.74, 6) is -0.132. The second kappa shape index (κ2) is 10.5. The summed E-state index contributed by atoms with van der Waals surface area (Å²) in [5, 5.41) is -0.360. The number of rotatable bonds is 8. The van der Waals surface area contributed by atoms with Gasteiger partial charge in [-0.1, -0.05) is 18.2 Å². The Kier molecular flexibility index (Phi) is 7.75. The van der Waals surface area contributed by atoms with Gasteiger partial charge in [0, 0.05) is 0 Å². The van der Waals surface area contributed by atoms with Crippen LogP contribution in [0.5, 0.6) is 11.5 Å². The third kappa shape index (κ3) is 5.48. The molecule has 0 aromatic heterocycles. The molecule has 0 aliphatic carbocycles. The number of para-hydroxylation sites is 1. The number of carbonyl (C=O) groups excluding carboxylic acids is 3. The molecule has 0 N–H and O–H groups in total. The third-order valence-corrected chi connectivity index (χ3v) is 5.54. The lowest BCUT2D eigenvalue weighted by Crippen LogP contribution is -2.27. The maximum Gasteiger partial charge on any atom is 0.344 e. The topological polar surface area (TPSA) is 82.1 Å². The highest BCUT2D eigenvalue weighted by Crippen LogP contribution is 2.40. The molecule has 1 aliphatic rings. The minimum absolute atomic E-state index is 0.262. The SMILES string of the molecule is CCOC(=O)COc1c(Br)cc(/C=C2\SC(=O)N(c3ccccc3)C2=O)cc1OCC. The predicted octanol–water partition coefficient (Wildman–Crippen LogP) is 5.03. The average Bonchev–Trinajstić information content (AvgIpc) is 3.01. The van der Waals surface area contributed by atoms with Crippen LogP contribution in [0.3, 0.4) is 0 Å². The number of nitrogens with zero attached hydrogens (tertiary/aromatic N) is 1. The second-order valence-electron chi connectivity index (χ2n) is 6.21. The highest BCUT2D eigenvalue weighted by Gasteiger charge is 2.36. The first-order chi connectivity index (χ1) is 14.9. The highest BCUT2D eigenvalue weighted by molar-refractivity contribution is 9.10. The molecule has 0 atom stereocenters. The van der Waals surface area contributed by atoms with Gasteiger partial charge < -0.3 is 14.2 Å². The van der Waals surface area contributed by atoms with Crippen LogP contribution in [0.25, 0.3) is 6.08 Å². The van der Waals surface area contributed by atoms with E-state index in [2.05, 4.69) is 15.9 Å². The molecule has 1 fully saturated rings. The molecule has 1 aliphatic heterocycles. The summed E-state index contributed by atoms with van der Waals surface area (Å²) in [6.07, 6.45) is 1.62. The zero-order chi connectivity index (χ0) is 22.4. The summed E-state index contributed by atoms with van der Waals surface area (Å²) in [5.41, 5.74) is 1.16. The van der Waals surface area contributed by atoms with E-state index < -0.39 is 11.9 Å². The lowest BCUT2D eigenvalue weighted by atomic mass is 10.1. The van der Waals surface area contributed by atoms with E-state index in [-0.39, 0.29) is 18.5 Å². The largest absolute Gasteiger partial charge is 0.490 e. The van der Waals surface area contributed by atoms with Crippen LogP contribution in [0.4, 0.5) is 10.5 Å². The minimum Gasteiger partial charge on any atom is -0.490 e. The number of esters is 1. The van der Waals surface area contributed by atoms with Gasteiger partial charge in [0.15, 0.2) is 18.1 Å². The van der Waals surface area contributed by atoms with E-state index in [1.807, 2.05) is 13.0 Å². The first-order valence-electron chi connectivity index (χ1n) is 9.52. The molecule has 2 aromatic rings. The van der Waals surface area contributed by atoms with Crippen LogP contribution in [-0.2, 0) is 14.3 Å². The Morgan fingerprint density at radius 3 is 2.52 bits per heavy atom. The molecule has 2 aromatic carbocycles. The Morgan fingerprint density at radius 1 is 1.10 bits per heavy atom. The van der Waals surface area contributed by atoms with Gasteiger partial charge in [0.05, 0.1) is 28.3 Å². The Hall–Kier alpha value is -2.78. The minimum atomic E-state index is -0.490. The predicted molar refractivity (Wildman–Crippen MR) is 122 cm³/mol. The fourth-order valence-corrected chi connectivity index (χ4v) is 4.24. The van der Waals surface area contributed by atoms with Gasteiger partial charge in [0.1, 0.15) is 0 Å². The van der Waals surface area contributed by atoms with E-state index in [9.17, 15) is 14.4 Å². The number of anilines is 1. The van der Waals surface area contributed by atoms with E-state index in [1.165, 1.54) is 0 Å². The zero-order valence-corrected chi connectivity index (χ0v) is 19.3. The van der Waals surface area contributed by atoms with Crippen molar-refractivity contribution in [1.82, 2.24) is 0 Å². The third-order valence-electron chi connectivity index (χ3n) is 4.08. The fraction of sp³-hybridized carbons (Fsp3) is 0.227. The van der Waals surface area contributed by atoms with Crippen LogP contribution in [0, 0.1) is 0 Å². The smallest absolute Gasteiger partial charge is 0.344 e. The maximum absolute atomic E-state index is 12.8. The molecule has 31 heavy (non-hydrogen) atoms. The Bertz CT molecular complexity index is 1020. The van der Waals surface area contributed by atoms with Crippen LogP contribution >= 0.6 is 27.7 Å². The molecule has 0 radical (unpaired) electrons. The van der Waals surface area contributed by atoms with Gasteiger partial charge in [-0.3, -0.25) is 9.59 Å². The van der Waals surface area contributed by atoms with Gasteiger partial charge in [-0.2, -0.15) is 0 Å². The van der Waals surface area contributed by atoms with Crippen molar-refractivity contribution in [2.24, 2.45) is 0 Å². The van der Waals surface area contributed by atoms with Crippen molar-refractivity contribution in [1.29, 1.82) is 0 Å². The Labute approximate surface area is 192 Å². The van der Waals surface area contributed by atoms with Crippen LogP contribution in [0.2, 0.25) is 0 Å². The fourth-order valence-electron chi connectivity index (χ4n) is 2.83. The summed E-state index contributed by atoms with van der Waals surface area (Å²) in [7, 11) is 0. The number of hydrogen-bond acceptors (Lipinski definition) is 7. The number of amides is 2. The van der Waals surface area contributed by atoms with Crippen LogP contribution in [0.1, 0.15) is 19.4 Å². The van der Waals surface area contributed by atoms with Gasteiger partial charge in [-0.15, -0.1) is 0 Å². The summed E-state index contributed by atoms with van der Waals surface area (Å²) in [4.78, 5) is 38.3. The summed E-state index contributed by atoms with van der Waals surface area (Å²) >= 11 is 4.30. The molecule has 3 rings (SSSR count). The Balaban J connectivity index is 1.87. The number of carbonyl (C=O) groups is 3. The monoisotopic (exact) mass is 505 g/mol. The van der Waals surface area contributed by atoms with Crippen LogP contribution in [-0.4, -0.2) is 36.9 Å². The maximum atomic E-state index is 12.8. The molecule has 0 spiro atoms. The lowest BCUT2D eigenvalue weighted by molar-refractivity contribution is -0.145. The molecular formula is C22H20BrNO6S. The zero-order valence-electron chi connectivity index (χ0n) is 16.9. The second-order valence-corrected chi connectivity index (χ2v) is 8.06. The normalized spacial score (nSPS) is 14.8. The molecular weight excluding hydrogens is 486 g/mol. The van der Waals surface area contributed by atoms with Crippen molar-refractivity contribution < 1.29 is 28.6 Å². The molecule has 0 bridgehead atoms. The van der Waals surface area contributed by atoms with Gasteiger partial charge in [-0.05, 0) is 77.4 Å². The quantitative estimate of drug-likeness (QED) is 0.367. The number of hydrogen-bond donors (Lipinski definition) is 0. The number of benzene rings is 2. The number of ether oxygens (including phenoxy) is 3. The summed E-state index contributed by atoms with van der Waals surface area (Å²) in [6, 6.07) is 12.2. The highest BCUT2D eigenvalue weighted by atomic mass is 79.9. The molecule has 2 amide bonds. The van der Waals surface area contributed by atoms with Gasteiger partial charge in [0.2, 0.25) is 0 Å². The molecule has 9 heteroatoms. The van der Waals surface area contributed by atoms with Crippen LogP contribution < -0.4 is 14.4 Å². The first-order valence-corrected chi connectivity index (χ1v) is 11.1. The molecule has 162 valence electrons. The lowest BCUT2D eigenvalue weighted by Gasteiger charge is -2.14. The van der Waals surface area contributed by atoms with E-state index in [0.717, 1.165) is 16.7 Å². The van der Waals surface area contributed by atoms with Gasteiger partial charge in [0.25, 0.3) is 11.1 Å². The average molecular weight is 506 g/mol. The number of halogens is 1. The standard InChI is InChI=1S/C22H20BrNO6S/c1-3-28-17-11-14(10-16(23)20(17)30-13-19(25)29-4-2)12-18-21(26)24(22(27)31-18)15-8-6-5-7-9-15/h5-12H,3-4,13H2,1-2H3/b18-12-. The van der Waals surface area contributed by atoms with E-state index >= 15 is 0 Å². The van der Waals surface area contributed by atoms with Crippen molar-refractivity contribution in [3.63, 3.8) is 0 Å². The van der Waals surface area contributed by atoms with E-state index in [4.69, 9.17) is 14.2 Å². The number of imide groups is 1. The van der Waals surface area contributed by atoms with Crippen molar-refractivity contribution >= 4 is 56.6 Å². The molecule has 7 nitrogen and oxygen atoms in total. The van der Waals surface area contributed by atoms with Crippen molar-refractivity contribution in [3.8, 4) is 11.5 Å². The van der Waals surface area contributed by atoms with E-state index in [1.54, 1.807) is 49.4 Å². The van der Waals surface area contributed by atoms with Crippen LogP contribution in [0.15, 0.2) is 51.8 Å². The van der Waals surface area contributed by atoms with E-state index in [0.29, 0.717) is 38.7 Å². The van der Waals surface area contributed by atoms with Crippen molar-refractivity contribution in [2.75, 3.05) is 24.7 Å². The summed E-state index contributed by atoms with van der Waals surface area (Å²) < 4.78 is 16.6. The molecule has 1 saturated heterocycles. The van der Waals surface area contributed by atoms with Gasteiger partial charge >= 0.3 is 5.97 Å². The van der Waals surface area contributed by atoms with Gasteiger partial charge in [-0.25, -0.2) is 9.69 Å². The van der Waals surface area contributed by atoms with Crippen molar-refractivity contribution in [2.45, 2.75) is 13.8 Å². The molecule has 0 saturated carbocycles.